The van der Waals surface area contributed by atoms with E-state index < -0.39 is 12.6 Å². The number of amides is 1. The molecule has 3 nitrogen and oxygen atoms in total. The van der Waals surface area contributed by atoms with E-state index in [9.17, 15) is 18.0 Å². The van der Waals surface area contributed by atoms with Crippen molar-refractivity contribution < 1.29 is 18.0 Å². The van der Waals surface area contributed by atoms with Crippen molar-refractivity contribution in [3.05, 3.63) is 57.8 Å². The molecule has 2 aromatic rings. The number of likely N-dealkylation sites (N-methyl/N-ethyl adjacent to an activating group) is 1. The number of fused-ring (bicyclic) bond motifs is 1. The van der Waals surface area contributed by atoms with Gasteiger partial charge in [0.1, 0.15) is 0 Å². The molecule has 0 aliphatic carbocycles. The van der Waals surface area contributed by atoms with Crippen LogP contribution in [0.3, 0.4) is 0 Å². The van der Waals surface area contributed by atoms with E-state index in [2.05, 4.69) is 0 Å². The Kier molecular flexibility index (Phi) is 5.67. The minimum absolute atomic E-state index is 0.0150. The number of alkyl halides is 3. The standard InChI is InChI=1S/C19H21F3N2OS/c1-23(11-9-19(20,21)22)13-17(25)24-10-7-16-15(8-12-26-16)18(24)14-5-3-2-4-6-14/h2-6,8,12,18H,7,9-11,13H2,1H3. The first-order chi connectivity index (χ1) is 12.3. The number of carbonyl (C=O) groups is 1. The molecule has 26 heavy (non-hydrogen) atoms. The number of nitrogens with zero attached hydrogens (tertiary/aromatic N) is 2. The molecule has 0 radical (unpaired) electrons. The van der Waals surface area contributed by atoms with E-state index in [0.29, 0.717) is 6.54 Å². The van der Waals surface area contributed by atoms with Crippen molar-refractivity contribution in [2.45, 2.75) is 25.1 Å². The second-order valence-electron chi connectivity index (χ2n) is 6.55. The summed E-state index contributed by atoms with van der Waals surface area (Å²) in [5.41, 5.74) is 2.15. The summed E-state index contributed by atoms with van der Waals surface area (Å²) in [5, 5.41) is 2.03. The SMILES string of the molecule is CN(CCC(F)(F)F)CC(=O)N1CCc2sccc2C1c1ccccc1. The van der Waals surface area contributed by atoms with Gasteiger partial charge in [0.2, 0.25) is 5.91 Å². The smallest absolute Gasteiger partial charge is 0.330 e. The van der Waals surface area contributed by atoms with Crippen LogP contribution in [-0.2, 0) is 11.2 Å². The van der Waals surface area contributed by atoms with Gasteiger partial charge in [-0.1, -0.05) is 30.3 Å². The highest BCUT2D eigenvalue weighted by Gasteiger charge is 2.33. The maximum atomic E-state index is 12.9. The van der Waals surface area contributed by atoms with Crippen molar-refractivity contribution in [1.82, 2.24) is 9.80 Å². The molecule has 0 saturated heterocycles. The first-order valence-corrected chi connectivity index (χ1v) is 9.39. The van der Waals surface area contributed by atoms with E-state index in [4.69, 9.17) is 0 Å². The predicted molar refractivity (Wildman–Crippen MR) is 96.2 cm³/mol. The highest BCUT2D eigenvalue weighted by molar-refractivity contribution is 7.10. The number of rotatable bonds is 5. The number of halogens is 3. The molecule has 1 aromatic carbocycles. The topological polar surface area (TPSA) is 23.6 Å². The van der Waals surface area contributed by atoms with Crippen LogP contribution in [0, 0.1) is 0 Å². The average Bonchev–Trinajstić information content (AvgIpc) is 3.08. The van der Waals surface area contributed by atoms with Crippen molar-refractivity contribution in [3.63, 3.8) is 0 Å². The Morgan fingerprint density at radius 1 is 1.27 bits per heavy atom. The van der Waals surface area contributed by atoms with Crippen LogP contribution in [0.4, 0.5) is 13.2 Å². The number of benzene rings is 1. The third-order valence-electron chi connectivity index (χ3n) is 4.58. The molecule has 1 amide bonds. The summed E-state index contributed by atoms with van der Waals surface area (Å²) in [6.45, 7) is 0.390. The number of hydrogen-bond acceptors (Lipinski definition) is 3. The molecule has 0 bridgehead atoms. The maximum absolute atomic E-state index is 12.9. The van der Waals surface area contributed by atoms with Crippen LogP contribution >= 0.6 is 11.3 Å². The minimum atomic E-state index is -4.21. The van der Waals surface area contributed by atoms with Crippen molar-refractivity contribution in [3.8, 4) is 0 Å². The Labute approximate surface area is 155 Å². The second kappa shape index (κ2) is 7.80. The van der Waals surface area contributed by atoms with E-state index in [1.54, 1.807) is 23.3 Å². The van der Waals surface area contributed by atoms with Gasteiger partial charge >= 0.3 is 6.18 Å². The van der Waals surface area contributed by atoms with Gasteiger partial charge in [-0.3, -0.25) is 9.69 Å². The molecule has 1 unspecified atom stereocenters. The third kappa shape index (κ3) is 4.45. The molecule has 3 rings (SSSR count). The zero-order valence-electron chi connectivity index (χ0n) is 14.5. The Hall–Kier alpha value is -1.86. The van der Waals surface area contributed by atoms with E-state index in [-0.39, 0.29) is 25.0 Å². The molecule has 2 heterocycles. The summed E-state index contributed by atoms with van der Waals surface area (Å²) in [7, 11) is 1.56. The highest BCUT2D eigenvalue weighted by Crippen LogP contribution is 2.37. The maximum Gasteiger partial charge on any atom is 0.390 e. The molecule has 0 fully saturated rings. The Morgan fingerprint density at radius 2 is 2.00 bits per heavy atom. The van der Waals surface area contributed by atoms with Crippen molar-refractivity contribution in [2.75, 3.05) is 26.7 Å². The number of thiophene rings is 1. The van der Waals surface area contributed by atoms with Crippen LogP contribution in [0.25, 0.3) is 0 Å². The first-order valence-electron chi connectivity index (χ1n) is 8.51. The van der Waals surface area contributed by atoms with Crippen LogP contribution in [-0.4, -0.2) is 48.6 Å². The van der Waals surface area contributed by atoms with Crippen LogP contribution in [0.5, 0.6) is 0 Å². The van der Waals surface area contributed by atoms with Gasteiger partial charge < -0.3 is 4.90 Å². The minimum Gasteiger partial charge on any atom is -0.330 e. The zero-order valence-corrected chi connectivity index (χ0v) is 15.3. The Balaban J connectivity index is 1.76. The quantitative estimate of drug-likeness (QED) is 0.777. The van der Waals surface area contributed by atoms with Gasteiger partial charge in [-0.05, 0) is 36.0 Å². The Bertz CT molecular complexity index is 745. The molecule has 1 aliphatic rings. The Morgan fingerprint density at radius 3 is 2.69 bits per heavy atom. The molecule has 1 aromatic heterocycles. The van der Waals surface area contributed by atoms with Crippen LogP contribution in [0.1, 0.15) is 28.5 Å². The summed E-state index contributed by atoms with van der Waals surface area (Å²) >= 11 is 1.69. The van der Waals surface area contributed by atoms with Gasteiger partial charge in [0.05, 0.1) is 19.0 Å². The summed E-state index contributed by atoms with van der Waals surface area (Å²) in [6, 6.07) is 11.7. The van der Waals surface area contributed by atoms with E-state index in [0.717, 1.165) is 17.5 Å². The zero-order chi connectivity index (χ0) is 18.7. The van der Waals surface area contributed by atoms with Gasteiger partial charge in [0.15, 0.2) is 0 Å². The lowest BCUT2D eigenvalue weighted by atomic mass is 9.93. The molecule has 7 heteroatoms. The lowest BCUT2D eigenvalue weighted by molar-refractivity contribution is -0.142. The van der Waals surface area contributed by atoms with Gasteiger partial charge in [-0.25, -0.2) is 0 Å². The fourth-order valence-corrected chi connectivity index (χ4v) is 4.20. The molecule has 1 atom stereocenters. The third-order valence-corrected chi connectivity index (χ3v) is 5.58. The van der Waals surface area contributed by atoms with Gasteiger partial charge in [0.25, 0.3) is 0 Å². The van der Waals surface area contributed by atoms with E-state index >= 15 is 0 Å². The van der Waals surface area contributed by atoms with Gasteiger partial charge in [-0.2, -0.15) is 13.2 Å². The molecular weight excluding hydrogens is 361 g/mol. The summed E-state index contributed by atoms with van der Waals surface area (Å²) in [4.78, 5) is 17.4. The van der Waals surface area contributed by atoms with E-state index in [1.165, 1.54) is 9.78 Å². The monoisotopic (exact) mass is 382 g/mol. The summed E-state index contributed by atoms with van der Waals surface area (Å²) in [6.07, 6.45) is -4.33. The lowest BCUT2D eigenvalue weighted by Gasteiger charge is -2.37. The molecule has 140 valence electrons. The molecule has 0 saturated carbocycles. The first kappa shape index (κ1) is 18.9. The lowest BCUT2D eigenvalue weighted by Crippen LogP contribution is -2.45. The van der Waals surface area contributed by atoms with Crippen molar-refractivity contribution in [1.29, 1.82) is 0 Å². The molecule has 1 aliphatic heterocycles. The number of hydrogen-bond donors (Lipinski definition) is 0. The van der Waals surface area contributed by atoms with Crippen LogP contribution < -0.4 is 0 Å². The van der Waals surface area contributed by atoms with Crippen LogP contribution in [0.2, 0.25) is 0 Å². The average molecular weight is 382 g/mol. The molecular formula is C19H21F3N2OS. The largest absolute Gasteiger partial charge is 0.390 e. The summed E-state index contributed by atoms with van der Waals surface area (Å²) in [5.74, 6) is -0.139. The fourth-order valence-electron chi connectivity index (χ4n) is 3.30. The second-order valence-corrected chi connectivity index (χ2v) is 7.55. The van der Waals surface area contributed by atoms with E-state index in [1.807, 2.05) is 41.8 Å². The number of carbonyl (C=O) groups excluding carboxylic acids is 1. The summed E-state index contributed by atoms with van der Waals surface area (Å²) < 4.78 is 37.2. The van der Waals surface area contributed by atoms with Crippen LogP contribution in [0.15, 0.2) is 41.8 Å². The fraction of sp³-hybridized carbons (Fsp3) is 0.421. The predicted octanol–water partition coefficient (Wildman–Crippen LogP) is 4.11. The van der Waals surface area contributed by atoms with Crippen molar-refractivity contribution >= 4 is 17.2 Å². The molecule has 0 N–H and O–H groups in total. The highest BCUT2D eigenvalue weighted by atomic mass is 32.1. The van der Waals surface area contributed by atoms with Crippen molar-refractivity contribution in [2.24, 2.45) is 0 Å². The normalized spacial score (nSPS) is 17.4. The molecule has 0 spiro atoms. The van der Waals surface area contributed by atoms with Gasteiger partial charge in [0, 0.05) is 18.0 Å². The van der Waals surface area contributed by atoms with Gasteiger partial charge in [-0.15, -0.1) is 11.3 Å².